The van der Waals surface area contributed by atoms with Gasteiger partial charge in [0.05, 0.1) is 25.5 Å². The molecule has 1 aliphatic carbocycles. The molecule has 0 unspecified atom stereocenters. The lowest BCUT2D eigenvalue weighted by molar-refractivity contribution is 0.0933. The Morgan fingerprint density at radius 2 is 1.79 bits per heavy atom. The second-order valence-corrected chi connectivity index (χ2v) is 7.17. The fraction of sp³-hybridized carbons (Fsp3) is 0.455. The number of ether oxygens (including phenoxy) is 2. The number of carbonyl (C=O) groups is 1. The summed E-state index contributed by atoms with van der Waals surface area (Å²) in [5, 5.41) is 6.49. The summed E-state index contributed by atoms with van der Waals surface area (Å²) in [5.41, 5.74) is 2.44. The van der Waals surface area contributed by atoms with E-state index in [0.29, 0.717) is 23.6 Å². The third-order valence-electron chi connectivity index (χ3n) is 5.14. The Labute approximate surface area is 166 Å². The van der Waals surface area contributed by atoms with Crippen LogP contribution in [0, 0.1) is 0 Å². The number of carbonyl (C=O) groups excluding carboxylic acids is 1. The number of rotatable bonds is 7. The summed E-state index contributed by atoms with van der Waals surface area (Å²) in [7, 11) is 3.24. The van der Waals surface area contributed by atoms with Crippen LogP contribution in [0.5, 0.6) is 11.5 Å². The molecule has 1 amide bonds. The van der Waals surface area contributed by atoms with Gasteiger partial charge in [-0.25, -0.2) is 0 Å². The summed E-state index contributed by atoms with van der Waals surface area (Å²) in [6.07, 6.45) is 10.4. The molecule has 0 aliphatic heterocycles. The van der Waals surface area contributed by atoms with E-state index in [-0.39, 0.29) is 11.9 Å². The molecule has 2 aromatic rings. The molecule has 28 heavy (non-hydrogen) atoms. The van der Waals surface area contributed by atoms with Gasteiger partial charge < -0.3 is 20.1 Å². The van der Waals surface area contributed by atoms with Crippen LogP contribution < -0.4 is 20.1 Å². The smallest absolute Gasteiger partial charge is 0.253 e. The molecule has 1 fully saturated rings. The van der Waals surface area contributed by atoms with Gasteiger partial charge in [0.15, 0.2) is 11.5 Å². The average Bonchev–Trinajstić information content (AvgIpc) is 3.00. The van der Waals surface area contributed by atoms with Crippen LogP contribution in [0.3, 0.4) is 0 Å². The van der Waals surface area contributed by atoms with Crippen molar-refractivity contribution in [2.75, 3.05) is 19.5 Å². The Hall–Kier alpha value is -2.76. The number of hydrogen-bond acceptors (Lipinski definition) is 5. The second-order valence-electron chi connectivity index (χ2n) is 7.17. The first-order valence-electron chi connectivity index (χ1n) is 9.90. The predicted molar refractivity (Wildman–Crippen MR) is 110 cm³/mol. The number of nitrogens with one attached hydrogen (secondary N) is 2. The zero-order valence-electron chi connectivity index (χ0n) is 16.7. The van der Waals surface area contributed by atoms with Crippen LogP contribution >= 0.6 is 0 Å². The Bertz CT molecular complexity index is 786. The third kappa shape index (κ3) is 5.38. The van der Waals surface area contributed by atoms with E-state index < -0.39 is 0 Å². The standard InChI is InChI=1S/C22H29N3O3/c1-27-20-10-9-16(11-21(20)28-2)13-24-19-12-17(14-23-15-19)22(26)25-18-7-5-3-4-6-8-18/h9-12,14-15,18,24H,3-8,13H2,1-2H3,(H,25,26). The van der Waals surface area contributed by atoms with Crippen LogP contribution in [-0.2, 0) is 6.54 Å². The maximum Gasteiger partial charge on any atom is 0.253 e. The van der Waals surface area contributed by atoms with Gasteiger partial charge in [0, 0.05) is 25.0 Å². The lowest BCUT2D eigenvalue weighted by Gasteiger charge is -2.16. The van der Waals surface area contributed by atoms with Crippen LogP contribution in [-0.4, -0.2) is 31.2 Å². The first-order valence-corrected chi connectivity index (χ1v) is 9.90. The Balaban J connectivity index is 1.60. The molecule has 1 heterocycles. The van der Waals surface area contributed by atoms with Crippen LogP contribution in [0.25, 0.3) is 0 Å². The molecule has 0 spiro atoms. The minimum Gasteiger partial charge on any atom is -0.493 e. The number of pyridine rings is 1. The molecular formula is C22H29N3O3. The van der Waals surface area contributed by atoms with Crippen LogP contribution in [0.15, 0.2) is 36.7 Å². The number of anilines is 1. The van der Waals surface area contributed by atoms with Gasteiger partial charge in [-0.3, -0.25) is 9.78 Å². The molecule has 0 atom stereocenters. The van der Waals surface area contributed by atoms with Crippen molar-refractivity contribution in [2.45, 2.75) is 51.1 Å². The fourth-order valence-electron chi connectivity index (χ4n) is 3.55. The monoisotopic (exact) mass is 383 g/mol. The molecule has 0 radical (unpaired) electrons. The number of nitrogens with zero attached hydrogens (tertiary/aromatic N) is 1. The first kappa shape index (κ1) is 20.0. The molecule has 1 aliphatic rings. The zero-order valence-corrected chi connectivity index (χ0v) is 16.7. The van der Waals surface area contributed by atoms with Crippen molar-refractivity contribution in [1.82, 2.24) is 10.3 Å². The van der Waals surface area contributed by atoms with Crippen molar-refractivity contribution in [3.8, 4) is 11.5 Å². The summed E-state index contributed by atoms with van der Waals surface area (Å²) in [4.78, 5) is 16.8. The Kier molecular flexibility index (Phi) is 7.12. The van der Waals surface area contributed by atoms with E-state index in [1.165, 1.54) is 25.7 Å². The molecule has 0 bridgehead atoms. The summed E-state index contributed by atoms with van der Waals surface area (Å²) in [5.74, 6) is 1.34. The summed E-state index contributed by atoms with van der Waals surface area (Å²) in [6, 6.07) is 7.91. The van der Waals surface area contributed by atoms with Crippen LogP contribution in [0.2, 0.25) is 0 Å². The van der Waals surface area contributed by atoms with Gasteiger partial charge in [-0.05, 0) is 36.6 Å². The molecule has 1 aromatic carbocycles. The lowest BCUT2D eigenvalue weighted by Crippen LogP contribution is -2.34. The highest BCUT2D eigenvalue weighted by molar-refractivity contribution is 5.94. The van der Waals surface area contributed by atoms with E-state index in [1.807, 2.05) is 24.3 Å². The quantitative estimate of drug-likeness (QED) is 0.702. The Morgan fingerprint density at radius 3 is 2.50 bits per heavy atom. The van der Waals surface area contributed by atoms with Crippen molar-refractivity contribution in [3.63, 3.8) is 0 Å². The van der Waals surface area contributed by atoms with Crippen LogP contribution in [0.1, 0.15) is 54.4 Å². The van der Waals surface area contributed by atoms with Gasteiger partial charge in [0.1, 0.15) is 0 Å². The predicted octanol–water partition coefficient (Wildman–Crippen LogP) is 4.16. The molecule has 150 valence electrons. The van der Waals surface area contributed by atoms with E-state index in [4.69, 9.17) is 9.47 Å². The van der Waals surface area contributed by atoms with Crippen molar-refractivity contribution in [2.24, 2.45) is 0 Å². The molecule has 1 aromatic heterocycles. The number of benzene rings is 1. The van der Waals surface area contributed by atoms with Gasteiger partial charge in [-0.15, -0.1) is 0 Å². The van der Waals surface area contributed by atoms with Gasteiger partial charge >= 0.3 is 0 Å². The highest BCUT2D eigenvalue weighted by Crippen LogP contribution is 2.27. The topological polar surface area (TPSA) is 72.5 Å². The molecular weight excluding hydrogens is 354 g/mol. The van der Waals surface area contributed by atoms with Crippen LogP contribution in [0.4, 0.5) is 5.69 Å². The fourth-order valence-corrected chi connectivity index (χ4v) is 3.55. The average molecular weight is 383 g/mol. The van der Waals surface area contributed by atoms with Crippen molar-refractivity contribution >= 4 is 11.6 Å². The number of amides is 1. The molecule has 6 nitrogen and oxygen atoms in total. The molecule has 2 N–H and O–H groups in total. The Morgan fingerprint density at radius 1 is 1.04 bits per heavy atom. The van der Waals surface area contributed by atoms with Gasteiger partial charge in [-0.1, -0.05) is 31.7 Å². The van der Waals surface area contributed by atoms with Gasteiger partial charge in [0.25, 0.3) is 5.91 Å². The summed E-state index contributed by atoms with van der Waals surface area (Å²) in [6.45, 7) is 0.593. The minimum atomic E-state index is -0.0471. The summed E-state index contributed by atoms with van der Waals surface area (Å²) >= 11 is 0. The van der Waals surface area contributed by atoms with Gasteiger partial charge in [0.2, 0.25) is 0 Å². The number of methoxy groups -OCH3 is 2. The van der Waals surface area contributed by atoms with E-state index in [9.17, 15) is 4.79 Å². The third-order valence-corrected chi connectivity index (χ3v) is 5.14. The number of hydrogen-bond donors (Lipinski definition) is 2. The maximum absolute atomic E-state index is 12.6. The summed E-state index contributed by atoms with van der Waals surface area (Å²) < 4.78 is 10.6. The molecule has 3 rings (SSSR count). The molecule has 6 heteroatoms. The zero-order chi connectivity index (χ0) is 19.8. The van der Waals surface area contributed by atoms with Crippen molar-refractivity contribution in [3.05, 3.63) is 47.8 Å². The van der Waals surface area contributed by atoms with Crippen molar-refractivity contribution < 1.29 is 14.3 Å². The van der Waals surface area contributed by atoms with E-state index in [1.54, 1.807) is 26.6 Å². The molecule has 0 saturated heterocycles. The SMILES string of the molecule is COc1ccc(CNc2cncc(C(=O)NC3CCCCCC3)c2)cc1OC. The van der Waals surface area contributed by atoms with E-state index in [2.05, 4.69) is 15.6 Å². The second kappa shape index (κ2) is 9.97. The maximum atomic E-state index is 12.6. The normalized spacial score (nSPS) is 14.8. The van der Waals surface area contributed by atoms with Gasteiger partial charge in [-0.2, -0.15) is 0 Å². The lowest BCUT2D eigenvalue weighted by atomic mass is 10.1. The first-order chi connectivity index (χ1) is 13.7. The highest BCUT2D eigenvalue weighted by atomic mass is 16.5. The molecule has 1 saturated carbocycles. The van der Waals surface area contributed by atoms with E-state index in [0.717, 1.165) is 24.1 Å². The van der Waals surface area contributed by atoms with E-state index >= 15 is 0 Å². The van der Waals surface area contributed by atoms with Crippen molar-refractivity contribution in [1.29, 1.82) is 0 Å². The highest BCUT2D eigenvalue weighted by Gasteiger charge is 2.16. The largest absolute Gasteiger partial charge is 0.493 e. The minimum absolute atomic E-state index is 0.0471. The number of aromatic nitrogens is 1.